The highest BCUT2D eigenvalue weighted by molar-refractivity contribution is 6.30. The largest absolute Gasteiger partial charge is 0.444 e. The number of halogens is 1. The summed E-state index contributed by atoms with van der Waals surface area (Å²) in [5.74, 6) is 0.963. The Balaban J connectivity index is 1.42. The van der Waals surface area contributed by atoms with Crippen molar-refractivity contribution in [3.63, 3.8) is 0 Å². The van der Waals surface area contributed by atoms with Gasteiger partial charge in [0.05, 0.1) is 6.54 Å². The van der Waals surface area contributed by atoms with Gasteiger partial charge in [0.15, 0.2) is 11.5 Å². The number of anilines is 3. The van der Waals surface area contributed by atoms with E-state index in [1.54, 1.807) is 32.9 Å². The van der Waals surface area contributed by atoms with Crippen molar-refractivity contribution in [2.24, 2.45) is 0 Å². The lowest BCUT2D eigenvalue weighted by Gasteiger charge is -2.19. The number of carbonyl (C=O) groups is 2. The lowest BCUT2D eigenvalue weighted by atomic mass is 10.2. The fourth-order valence-corrected chi connectivity index (χ4v) is 3.19. The molecule has 1 aromatic carbocycles. The zero-order valence-electron chi connectivity index (χ0n) is 19.4. The summed E-state index contributed by atoms with van der Waals surface area (Å²) < 4.78 is 5.09. The number of fused-ring (bicyclic) bond motifs is 1. The van der Waals surface area contributed by atoms with Crippen LogP contribution in [0.15, 0.2) is 30.6 Å². The van der Waals surface area contributed by atoms with Crippen LogP contribution in [-0.2, 0) is 9.53 Å². The van der Waals surface area contributed by atoms with Crippen molar-refractivity contribution in [2.45, 2.75) is 39.2 Å². The predicted octanol–water partition coefficient (Wildman–Crippen LogP) is 3.58. The second-order valence-electron chi connectivity index (χ2n) is 8.49. The molecule has 3 rings (SSSR count). The molecular weight excluding hydrogens is 460 g/mol. The van der Waals surface area contributed by atoms with Gasteiger partial charge in [-0.2, -0.15) is 5.10 Å². The number of rotatable bonds is 10. The Kier molecular flexibility index (Phi) is 8.47. The second kappa shape index (κ2) is 11.5. The van der Waals surface area contributed by atoms with E-state index in [2.05, 4.69) is 41.4 Å². The molecule has 2 amide bonds. The smallest absolute Gasteiger partial charge is 0.408 e. The maximum absolute atomic E-state index is 11.8. The first-order valence-corrected chi connectivity index (χ1v) is 11.3. The molecule has 0 bridgehead atoms. The van der Waals surface area contributed by atoms with Crippen LogP contribution in [0.3, 0.4) is 0 Å². The Bertz CT molecular complexity index is 1130. The highest BCUT2D eigenvalue weighted by atomic mass is 35.5. The zero-order valence-corrected chi connectivity index (χ0v) is 20.1. The van der Waals surface area contributed by atoms with Crippen molar-refractivity contribution in [3.05, 3.63) is 35.6 Å². The molecule has 0 saturated carbocycles. The number of nitrogens with zero attached hydrogens (tertiary/aromatic N) is 3. The van der Waals surface area contributed by atoms with Crippen LogP contribution in [0.2, 0.25) is 5.02 Å². The van der Waals surface area contributed by atoms with Crippen molar-refractivity contribution in [2.75, 3.05) is 30.3 Å². The minimum atomic E-state index is -0.619. The van der Waals surface area contributed by atoms with Gasteiger partial charge in [0.25, 0.3) is 0 Å². The van der Waals surface area contributed by atoms with Gasteiger partial charge >= 0.3 is 6.09 Å². The summed E-state index contributed by atoms with van der Waals surface area (Å²) in [6.45, 7) is 6.28. The standard InChI is InChI=1S/C22H29ClN8O3/c1-22(2,3)34-21(33)26-12-16(32)24-9-4-5-10-25-19-17-18(27-13-28-20(17)31-30-19)29-15-8-6-7-14(23)11-15/h6-8,11,13H,4-5,9-10,12H2,1-3H3,(H,24,32)(H,26,33)(H3,25,27,28,29,30,31). The van der Waals surface area contributed by atoms with Crippen molar-refractivity contribution >= 4 is 52.0 Å². The van der Waals surface area contributed by atoms with Gasteiger partial charge in [-0.1, -0.05) is 17.7 Å². The molecule has 34 heavy (non-hydrogen) atoms. The van der Waals surface area contributed by atoms with E-state index in [1.807, 2.05) is 12.1 Å². The van der Waals surface area contributed by atoms with Gasteiger partial charge in [-0.25, -0.2) is 14.8 Å². The third-order valence-corrected chi connectivity index (χ3v) is 4.69. The van der Waals surface area contributed by atoms with Gasteiger partial charge in [0.2, 0.25) is 5.91 Å². The molecule has 0 radical (unpaired) electrons. The maximum atomic E-state index is 11.8. The van der Waals surface area contributed by atoms with Crippen LogP contribution in [0, 0.1) is 0 Å². The normalized spacial score (nSPS) is 11.2. The summed E-state index contributed by atoms with van der Waals surface area (Å²) in [7, 11) is 0. The SMILES string of the molecule is CC(C)(C)OC(=O)NCC(=O)NCCCCNc1n[nH]c2ncnc(Nc3cccc(Cl)c3)c12. The van der Waals surface area contributed by atoms with E-state index in [-0.39, 0.29) is 12.5 Å². The molecule has 2 heterocycles. The zero-order chi connectivity index (χ0) is 24.6. The Hall–Kier alpha value is -3.60. The second-order valence-corrected chi connectivity index (χ2v) is 8.93. The molecular formula is C22H29ClN8O3. The first-order chi connectivity index (χ1) is 16.2. The van der Waals surface area contributed by atoms with Crippen LogP contribution in [0.5, 0.6) is 0 Å². The number of hydrogen-bond donors (Lipinski definition) is 5. The molecule has 3 aromatic rings. The Labute approximate surface area is 202 Å². The van der Waals surface area contributed by atoms with Crippen LogP contribution in [-0.4, -0.2) is 57.4 Å². The molecule has 12 heteroatoms. The molecule has 2 aromatic heterocycles. The molecule has 5 N–H and O–H groups in total. The number of alkyl carbamates (subject to hydrolysis) is 1. The fraction of sp³-hybridized carbons (Fsp3) is 0.409. The average molecular weight is 489 g/mol. The topological polar surface area (TPSA) is 146 Å². The molecule has 0 aliphatic rings. The first kappa shape index (κ1) is 25.0. The number of amides is 2. The highest BCUT2D eigenvalue weighted by Crippen LogP contribution is 2.28. The molecule has 0 aliphatic heterocycles. The van der Waals surface area contributed by atoms with Crippen molar-refractivity contribution in [1.29, 1.82) is 0 Å². The van der Waals surface area contributed by atoms with Crippen LogP contribution < -0.4 is 21.3 Å². The number of ether oxygens (including phenoxy) is 1. The van der Waals surface area contributed by atoms with Crippen molar-refractivity contribution < 1.29 is 14.3 Å². The summed E-state index contributed by atoms with van der Waals surface area (Å²) in [5, 5.41) is 20.3. The molecule has 0 unspecified atom stereocenters. The lowest BCUT2D eigenvalue weighted by Crippen LogP contribution is -2.40. The highest BCUT2D eigenvalue weighted by Gasteiger charge is 2.16. The number of H-pyrrole nitrogens is 1. The Morgan fingerprint density at radius 3 is 2.65 bits per heavy atom. The third kappa shape index (κ3) is 7.77. The molecule has 0 atom stereocenters. The van der Waals surface area contributed by atoms with Gasteiger partial charge < -0.3 is 26.0 Å². The molecule has 0 aliphatic carbocycles. The maximum Gasteiger partial charge on any atom is 0.408 e. The van der Waals surface area contributed by atoms with E-state index in [9.17, 15) is 9.59 Å². The van der Waals surface area contributed by atoms with Gasteiger partial charge in [-0.15, -0.1) is 0 Å². The number of nitrogens with one attached hydrogen (secondary N) is 5. The molecule has 0 fully saturated rings. The van der Waals surface area contributed by atoms with Crippen LogP contribution in [0.25, 0.3) is 11.0 Å². The summed E-state index contributed by atoms with van der Waals surface area (Å²) in [5.41, 5.74) is 0.800. The van der Waals surface area contributed by atoms with E-state index < -0.39 is 11.7 Å². The van der Waals surface area contributed by atoms with Crippen LogP contribution >= 0.6 is 11.6 Å². The summed E-state index contributed by atoms with van der Waals surface area (Å²) in [6.07, 6.45) is 2.37. The van der Waals surface area contributed by atoms with E-state index in [0.717, 1.165) is 23.9 Å². The van der Waals surface area contributed by atoms with Gasteiger partial charge in [-0.05, 0) is 51.8 Å². The van der Waals surface area contributed by atoms with Crippen molar-refractivity contribution in [3.8, 4) is 0 Å². The number of aromatic amines is 1. The summed E-state index contributed by atoms with van der Waals surface area (Å²) in [6, 6.07) is 7.35. The van der Waals surface area contributed by atoms with Gasteiger partial charge in [0.1, 0.15) is 23.1 Å². The minimum absolute atomic E-state index is 0.130. The number of unbranched alkanes of at least 4 members (excludes halogenated alkanes) is 1. The van der Waals surface area contributed by atoms with E-state index in [4.69, 9.17) is 16.3 Å². The monoisotopic (exact) mass is 488 g/mol. The van der Waals surface area contributed by atoms with Crippen molar-refractivity contribution in [1.82, 2.24) is 30.8 Å². The quantitative estimate of drug-likeness (QED) is 0.272. The Morgan fingerprint density at radius 2 is 1.88 bits per heavy atom. The summed E-state index contributed by atoms with van der Waals surface area (Å²) >= 11 is 6.07. The number of benzene rings is 1. The lowest BCUT2D eigenvalue weighted by molar-refractivity contribution is -0.120. The first-order valence-electron chi connectivity index (χ1n) is 10.9. The van der Waals surface area contributed by atoms with Crippen LogP contribution in [0.1, 0.15) is 33.6 Å². The van der Waals surface area contributed by atoms with Gasteiger partial charge in [-0.3, -0.25) is 9.89 Å². The molecule has 11 nitrogen and oxygen atoms in total. The molecule has 0 spiro atoms. The number of carbonyl (C=O) groups excluding carboxylic acids is 2. The summed E-state index contributed by atoms with van der Waals surface area (Å²) in [4.78, 5) is 32.0. The Morgan fingerprint density at radius 1 is 1.09 bits per heavy atom. The molecule has 182 valence electrons. The van der Waals surface area contributed by atoms with E-state index in [1.165, 1.54) is 6.33 Å². The third-order valence-electron chi connectivity index (χ3n) is 4.46. The minimum Gasteiger partial charge on any atom is -0.444 e. The predicted molar refractivity (Wildman–Crippen MR) is 131 cm³/mol. The van der Waals surface area contributed by atoms with Crippen LogP contribution in [0.4, 0.5) is 22.1 Å². The van der Waals surface area contributed by atoms with E-state index >= 15 is 0 Å². The average Bonchev–Trinajstić information content (AvgIpc) is 3.18. The molecule has 0 saturated heterocycles. The van der Waals surface area contributed by atoms with Gasteiger partial charge in [0, 0.05) is 23.8 Å². The number of aromatic nitrogens is 4. The number of hydrogen-bond acceptors (Lipinski definition) is 8. The fourth-order valence-electron chi connectivity index (χ4n) is 3.00. The van der Waals surface area contributed by atoms with E-state index in [0.29, 0.717) is 35.4 Å².